The van der Waals surface area contributed by atoms with Gasteiger partial charge in [0.1, 0.15) is 5.69 Å². The first-order valence-corrected chi connectivity index (χ1v) is 10.8. The summed E-state index contributed by atoms with van der Waals surface area (Å²) in [5, 5.41) is 4.65. The fraction of sp³-hybridized carbons (Fsp3) is 0.391. The van der Waals surface area contributed by atoms with E-state index in [2.05, 4.69) is 11.7 Å². The maximum Gasteiger partial charge on any atom is 0.254 e. The van der Waals surface area contributed by atoms with Crippen LogP contribution < -0.4 is 5.73 Å². The van der Waals surface area contributed by atoms with Crippen molar-refractivity contribution >= 4 is 17.7 Å². The Hall–Kier alpha value is -3.46. The molecule has 2 aliphatic heterocycles. The van der Waals surface area contributed by atoms with Crippen LogP contribution in [0.25, 0.3) is 11.3 Å². The monoisotopic (exact) mass is 437 g/mol. The molecule has 0 bridgehead atoms. The molecule has 0 unspecified atom stereocenters. The van der Waals surface area contributed by atoms with Crippen LogP contribution in [0, 0.1) is 0 Å². The highest BCUT2D eigenvalue weighted by atomic mass is 16.5. The largest absolute Gasteiger partial charge is 0.378 e. The van der Waals surface area contributed by atoms with Crippen molar-refractivity contribution in [1.29, 1.82) is 0 Å². The van der Waals surface area contributed by atoms with Gasteiger partial charge in [-0.1, -0.05) is 18.7 Å². The summed E-state index contributed by atoms with van der Waals surface area (Å²) in [5.41, 5.74) is 7.67. The van der Waals surface area contributed by atoms with E-state index in [1.807, 2.05) is 0 Å². The van der Waals surface area contributed by atoms with Gasteiger partial charge in [-0.15, -0.1) is 0 Å². The van der Waals surface area contributed by atoms with Crippen molar-refractivity contribution in [3.8, 4) is 11.3 Å². The number of hydrogen-bond acceptors (Lipinski definition) is 5. The number of aromatic nitrogens is 2. The Bertz CT molecular complexity index is 1020. The van der Waals surface area contributed by atoms with E-state index in [1.54, 1.807) is 44.9 Å². The third kappa shape index (κ3) is 4.43. The molecular weight excluding hydrogens is 410 g/mol. The van der Waals surface area contributed by atoms with Crippen LogP contribution >= 0.6 is 0 Å². The normalized spacial score (nSPS) is 18.9. The number of ether oxygens (including phenoxy) is 1. The number of carbonyl (C=O) groups excluding carboxylic acids is 3. The molecule has 9 nitrogen and oxygen atoms in total. The average molecular weight is 438 g/mol. The second-order valence-electron chi connectivity index (χ2n) is 8.00. The van der Waals surface area contributed by atoms with E-state index in [-0.39, 0.29) is 17.9 Å². The molecule has 2 aromatic rings. The zero-order valence-electron chi connectivity index (χ0n) is 17.9. The van der Waals surface area contributed by atoms with Crippen LogP contribution in [-0.4, -0.2) is 76.7 Å². The minimum absolute atomic E-state index is 0.0466. The van der Waals surface area contributed by atoms with Crippen LogP contribution in [0.15, 0.2) is 43.1 Å². The first kappa shape index (κ1) is 21.8. The number of morpholine rings is 1. The number of hydrogen-bond donors (Lipinski definition) is 1. The Morgan fingerprint density at radius 3 is 2.47 bits per heavy atom. The van der Waals surface area contributed by atoms with Crippen LogP contribution in [-0.2, 0) is 9.53 Å². The number of piperidine rings is 1. The van der Waals surface area contributed by atoms with Gasteiger partial charge < -0.3 is 20.3 Å². The quantitative estimate of drug-likeness (QED) is 0.712. The summed E-state index contributed by atoms with van der Waals surface area (Å²) in [6.07, 6.45) is 4.64. The van der Waals surface area contributed by atoms with Gasteiger partial charge >= 0.3 is 0 Å². The highest BCUT2D eigenvalue weighted by Gasteiger charge is 2.26. The maximum absolute atomic E-state index is 12.7. The van der Waals surface area contributed by atoms with Crippen LogP contribution in [0.3, 0.4) is 0 Å². The van der Waals surface area contributed by atoms with Crippen LogP contribution in [0.5, 0.6) is 0 Å². The van der Waals surface area contributed by atoms with E-state index in [4.69, 9.17) is 10.5 Å². The summed E-state index contributed by atoms with van der Waals surface area (Å²) in [6, 6.07) is 6.98. The predicted molar refractivity (Wildman–Crippen MR) is 118 cm³/mol. The summed E-state index contributed by atoms with van der Waals surface area (Å²) in [5.74, 6) is -0.734. The molecular formula is C23H27N5O4. The number of primary amides is 1. The molecule has 0 spiro atoms. The van der Waals surface area contributed by atoms with Crippen molar-refractivity contribution in [3.63, 3.8) is 0 Å². The summed E-state index contributed by atoms with van der Waals surface area (Å²) in [4.78, 5) is 40.3. The number of nitrogens with two attached hydrogens (primary N) is 1. The lowest BCUT2D eigenvalue weighted by Gasteiger charge is -2.32. The van der Waals surface area contributed by atoms with Crippen molar-refractivity contribution in [2.45, 2.75) is 18.9 Å². The lowest BCUT2D eigenvalue weighted by molar-refractivity contribution is -0.127. The minimum Gasteiger partial charge on any atom is -0.378 e. The molecule has 2 fully saturated rings. The molecule has 1 aromatic carbocycles. The van der Waals surface area contributed by atoms with Gasteiger partial charge in [0.2, 0.25) is 5.91 Å². The zero-order valence-corrected chi connectivity index (χ0v) is 17.9. The zero-order chi connectivity index (χ0) is 22.7. The molecule has 2 N–H and O–H groups in total. The van der Waals surface area contributed by atoms with Gasteiger partial charge in [-0.3, -0.25) is 19.1 Å². The molecule has 2 saturated heterocycles. The molecule has 1 atom stereocenters. The van der Waals surface area contributed by atoms with Crippen LogP contribution in [0.2, 0.25) is 0 Å². The number of nitrogens with zero attached hydrogens (tertiary/aromatic N) is 4. The average Bonchev–Trinajstić information content (AvgIpc) is 3.30. The summed E-state index contributed by atoms with van der Waals surface area (Å²) in [7, 11) is 0. The number of likely N-dealkylation sites (tertiary alicyclic amines) is 1. The first-order valence-electron chi connectivity index (χ1n) is 10.8. The van der Waals surface area contributed by atoms with Gasteiger partial charge in [0, 0.05) is 43.5 Å². The standard InChI is InChI=1S/C23H27N5O4/c1-2-20(29)27-9-3-4-18(14-27)28-15-19(22(24)30)21(25-28)16-5-7-17(8-6-16)23(31)26-10-12-32-13-11-26/h2,5-8,15,18H,1,3-4,9-14H2,(H2,24,30)/t18-/m1/s1. The van der Waals surface area contributed by atoms with Gasteiger partial charge in [0.25, 0.3) is 11.8 Å². The Labute approximate surface area is 186 Å². The molecule has 168 valence electrons. The highest BCUT2D eigenvalue weighted by Crippen LogP contribution is 2.27. The van der Waals surface area contributed by atoms with E-state index in [9.17, 15) is 14.4 Å². The fourth-order valence-electron chi connectivity index (χ4n) is 4.19. The van der Waals surface area contributed by atoms with Crippen molar-refractivity contribution in [2.24, 2.45) is 5.73 Å². The van der Waals surface area contributed by atoms with Gasteiger partial charge in [0.15, 0.2) is 0 Å². The van der Waals surface area contributed by atoms with Crippen molar-refractivity contribution < 1.29 is 19.1 Å². The van der Waals surface area contributed by atoms with Crippen molar-refractivity contribution in [2.75, 3.05) is 39.4 Å². The molecule has 2 aliphatic rings. The Balaban J connectivity index is 1.57. The third-order valence-electron chi connectivity index (χ3n) is 5.96. The van der Waals surface area contributed by atoms with Crippen molar-refractivity contribution in [3.05, 3.63) is 54.2 Å². The lowest BCUT2D eigenvalue weighted by Crippen LogP contribution is -2.40. The molecule has 3 amide bonds. The first-order chi connectivity index (χ1) is 15.5. The van der Waals surface area contributed by atoms with E-state index >= 15 is 0 Å². The second kappa shape index (κ2) is 9.35. The van der Waals surface area contributed by atoms with Crippen LogP contribution in [0.1, 0.15) is 39.6 Å². The number of rotatable bonds is 5. The molecule has 1 aromatic heterocycles. The topological polar surface area (TPSA) is 111 Å². The van der Waals surface area contributed by atoms with Crippen molar-refractivity contribution in [1.82, 2.24) is 19.6 Å². The molecule has 0 saturated carbocycles. The number of carbonyl (C=O) groups is 3. The van der Waals surface area contributed by atoms with Crippen LogP contribution in [0.4, 0.5) is 0 Å². The molecule has 0 aliphatic carbocycles. The molecule has 4 rings (SSSR count). The van der Waals surface area contributed by atoms with Gasteiger partial charge in [-0.2, -0.15) is 5.10 Å². The minimum atomic E-state index is -0.574. The summed E-state index contributed by atoms with van der Waals surface area (Å²) >= 11 is 0. The number of benzene rings is 1. The summed E-state index contributed by atoms with van der Waals surface area (Å²) < 4.78 is 7.03. The Kier molecular flexibility index (Phi) is 6.36. The van der Waals surface area contributed by atoms with E-state index in [1.165, 1.54) is 6.08 Å². The number of amides is 3. The van der Waals surface area contributed by atoms with Gasteiger partial charge in [0.05, 0.1) is 24.8 Å². The second-order valence-corrected chi connectivity index (χ2v) is 8.00. The van der Waals surface area contributed by atoms with E-state index in [0.717, 1.165) is 12.8 Å². The smallest absolute Gasteiger partial charge is 0.254 e. The lowest BCUT2D eigenvalue weighted by atomic mass is 10.0. The molecule has 9 heteroatoms. The fourth-order valence-corrected chi connectivity index (χ4v) is 4.19. The highest BCUT2D eigenvalue weighted by molar-refractivity contribution is 5.99. The molecule has 3 heterocycles. The summed E-state index contributed by atoms with van der Waals surface area (Å²) in [6.45, 7) is 6.96. The molecule has 32 heavy (non-hydrogen) atoms. The van der Waals surface area contributed by atoms with E-state index < -0.39 is 5.91 Å². The van der Waals surface area contributed by atoms with E-state index in [0.29, 0.717) is 61.8 Å². The Morgan fingerprint density at radius 2 is 1.81 bits per heavy atom. The van der Waals surface area contributed by atoms with Gasteiger partial charge in [-0.25, -0.2) is 0 Å². The predicted octanol–water partition coefficient (Wildman–Crippen LogP) is 1.47. The Morgan fingerprint density at radius 1 is 1.09 bits per heavy atom. The SMILES string of the molecule is C=CC(=O)N1CCC[C@@H](n2cc(C(N)=O)c(-c3ccc(C(=O)N4CCOCC4)cc3)n2)C1. The maximum atomic E-state index is 12.7. The molecule has 0 radical (unpaired) electrons. The third-order valence-corrected chi connectivity index (χ3v) is 5.96. The van der Waals surface area contributed by atoms with Gasteiger partial charge in [-0.05, 0) is 31.1 Å².